The van der Waals surface area contributed by atoms with Crippen LogP contribution in [-0.4, -0.2) is 34.3 Å². The summed E-state index contributed by atoms with van der Waals surface area (Å²) in [6, 6.07) is 7.21. The number of esters is 1. The molecule has 0 aliphatic heterocycles. The van der Waals surface area contributed by atoms with Crippen molar-refractivity contribution in [2.24, 2.45) is 0 Å². The molecule has 1 atom stereocenters. The van der Waals surface area contributed by atoms with Crippen LogP contribution in [0.15, 0.2) is 36.4 Å². The van der Waals surface area contributed by atoms with Gasteiger partial charge in [0.1, 0.15) is 5.75 Å². The van der Waals surface area contributed by atoms with Crippen LogP contribution in [0.2, 0.25) is 0 Å². The van der Waals surface area contributed by atoms with Crippen molar-refractivity contribution in [2.45, 2.75) is 46.3 Å². The number of carbonyl (C=O) groups excluding carboxylic acids is 2. The molecule has 1 unspecified atom stereocenters. The summed E-state index contributed by atoms with van der Waals surface area (Å²) in [6.07, 6.45) is 0.152. The lowest BCUT2D eigenvalue weighted by atomic mass is 10.1. The van der Waals surface area contributed by atoms with Gasteiger partial charge in [-0.1, -0.05) is 6.92 Å². The highest BCUT2D eigenvalue weighted by Gasteiger charge is 2.24. The van der Waals surface area contributed by atoms with Gasteiger partial charge in [-0.3, -0.25) is 14.2 Å². The van der Waals surface area contributed by atoms with Crippen molar-refractivity contribution >= 4 is 22.8 Å². The van der Waals surface area contributed by atoms with Crippen molar-refractivity contribution in [2.75, 3.05) is 0 Å². The highest BCUT2D eigenvalue weighted by Crippen LogP contribution is 2.32. The molecule has 0 bridgehead atoms. The third-order valence-corrected chi connectivity index (χ3v) is 5.16. The van der Waals surface area contributed by atoms with Crippen molar-refractivity contribution in [1.29, 1.82) is 0 Å². The second kappa shape index (κ2) is 9.33. The molecule has 3 aromatic rings. The summed E-state index contributed by atoms with van der Waals surface area (Å²) in [4.78, 5) is 25.6. The van der Waals surface area contributed by atoms with Gasteiger partial charge in [-0.25, -0.2) is 4.39 Å². The number of nitrogens with zero attached hydrogens (tertiary/aromatic N) is 1. The van der Waals surface area contributed by atoms with Crippen LogP contribution in [0, 0.1) is 12.7 Å². The Kier molecular flexibility index (Phi) is 6.76. The molecule has 3 rings (SSSR count). The molecule has 0 saturated heterocycles. The van der Waals surface area contributed by atoms with Crippen LogP contribution in [-0.2, 0) is 16.0 Å². The summed E-state index contributed by atoms with van der Waals surface area (Å²) in [7, 11) is 0. The van der Waals surface area contributed by atoms with Crippen LogP contribution in [0.5, 0.6) is 11.5 Å². The fourth-order valence-electron chi connectivity index (χ4n) is 3.38. The second-order valence-electron chi connectivity index (χ2n) is 7.31. The van der Waals surface area contributed by atoms with Crippen LogP contribution >= 0.6 is 0 Å². The number of alkyl halides is 2. The van der Waals surface area contributed by atoms with Gasteiger partial charge in [0.15, 0.2) is 11.6 Å². The Hall–Kier alpha value is -3.49. The quantitative estimate of drug-likeness (QED) is 0.516. The minimum atomic E-state index is -3.00. The lowest BCUT2D eigenvalue weighted by Gasteiger charge is -2.11. The van der Waals surface area contributed by atoms with Gasteiger partial charge in [-0.05, 0) is 56.2 Å². The van der Waals surface area contributed by atoms with Gasteiger partial charge in [0, 0.05) is 22.7 Å². The smallest absolute Gasteiger partial charge is 0.387 e. The zero-order valence-electron chi connectivity index (χ0n) is 17.7. The average molecular weight is 449 g/mol. The molecule has 170 valence electrons. The van der Waals surface area contributed by atoms with Crippen LogP contribution in [0.4, 0.5) is 13.2 Å². The number of ether oxygens (including phenoxy) is 2. The summed E-state index contributed by atoms with van der Waals surface area (Å²) in [5, 5.41) is 10.2. The second-order valence-corrected chi connectivity index (χ2v) is 7.31. The number of halogens is 3. The maximum absolute atomic E-state index is 14.1. The number of phenolic OH excluding ortho intramolecular Hbond substituents is 1. The van der Waals surface area contributed by atoms with Gasteiger partial charge in [-0.2, -0.15) is 8.78 Å². The van der Waals surface area contributed by atoms with E-state index in [9.17, 15) is 27.9 Å². The lowest BCUT2D eigenvalue weighted by Crippen LogP contribution is -2.17. The van der Waals surface area contributed by atoms with E-state index < -0.39 is 30.1 Å². The molecule has 0 saturated carbocycles. The number of fused-ring (bicyclic) bond motifs is 1. The van der Waals surface area contributed by atoms with E-state index in [1.54, 1.807) is 13.8 Å². The van der Waals surface area contributed by atoms with Crippen LogP contribution in [0.1, 0.15) is 41.9 Å². The number of aromatic hydroxyl groups is 1. The molecule has 6 nitrogen and oxygen atoms in total. The number of hydrogen-bond acceptors (Lipinski definition) is 5. The third kappa shape index (κ3) is 4.71. The Bertz CT molecular complexity index is 1150. The molecule has 32 heavy (non-hydrogen) atoms. The number of aromatic nitrogens is 1. The minimum absolute atomic E-state index is 0.116. The van der Waals surface area contributed by atoms with Gasteiger partial charge in [0.25, 0.3) is 5.91 Å². The number of rotatable bonds is 7. The monoisotopic (exact) mass is 449 g/mol. The number of carbonyl (C=O) groups is 2. The molecule has 2 aromatic carbocycles. The van der Waals surface area contributed by atoms with Crippen molar-refractivity contribution in [3.8, 4) is 11.5 Å². The topological polar surface area (TPSA) is 77.8 Å². The van der Waals surface area contributed by atoms with Crippen LogP contribution in [0.3, 0.4) is 0 Å². The molecule has 0 fully saturated rings. The van der Waals surface area contributed by atoms with Gasteiger partial charge < -0.3 is 14.6 Å². The third-order valence-electron chi connectivity index (χ3n) is 5.16. The predicted molar refractivity (Wildman–Crippen MR) is 111 cm³/mol. The largest absolute Gasteiger partial charge is 0.505 e. The van der Waals surface area contributed by atoms with E-state index in [-0.39, 0.29) is 29.4 Å². The first-order chi connectivity index (χ1) is 15.1. The van der Waals surface area contributed by atoms with Crippen molar-refractivity contribution in [3.05, 3.63) is 59.0 Å². The number of hydrogen-bond donors (Lipinski definition) is 1. The highest BCUT2D eigenvalue weighted by atomic mass is 19.3. The Morgan fingerprint density at radius 1 is 1.16 bits per heavy atom. The molecule has 0 radical (unpaired) electrons. The molecular formula is C23H22F3NO5. The van der Waals surface area contributed by atoms with E-state index in [0.717, 1.165) is 12.1 Å². The molecule has 1 aromatic heterocycles. The molecule has 9 heteroatoms. The summed E-state index contributed by atoms with van der Waals surface area (Å²) in [6.45, 7) is 2.21. The normalized spacial score (nSPS) is 12.2. The van der Waals surface area contributed by atoms with Crippen LogP contribution in [0.25, 0.3) is 10.9 Å². The maximum atomic E-state index is 14.1. The zero-order chi connectivity index (χ0) is 23.6. The van der Waals surface area contributed by atoms with E-state index in [4.69, 9.17) is 4.74 Å². The van der Waals surface area contributed by atoms with E-state index in [2.05, 4.69) is 4.74 Å². The first-order valence-corrected chi connectivity index (χ1v) is 9.93. The van der Waals surface area contributed by atoms with Gasteiger partial charge >= 0.3 is 12.6 Å². The van der Waals surface area contributed by atoms with E-state index >= 15 is 0 Å². The fourth-order valence-corrected chi connectivity index (χ4v) is 3.38. The van der Waals surface area contributed by atoms with Crippen molar-refractivity contribution < 1.29 is 37.3 Å². The maximum Gasteiger partial charge on any atom is 0.387 e. The Balaban J connectivity index is 2.06. The summed E-state index contributed by atoms with van der Waals surface area (Å²) in [5.41, 5.74) is 1.06. The number of phenols is 1. The van der Waals surface area contributed by atoms with Crippen LogP contribution < -0.4 is 4.74 Å². The lowest BCUT2D eigenvalue weighted by molar-refractivity contribution is -0.147. The molecule has 0 amide bonds. The highest BCUT2D eigenvalue weighted by molar-refractivity contribution is 6.05. The standard InChI is InChI=1S/C23H22F3NO5/c1-4-12(2)31-21(29)10-16-13(3)27(19-11-18(24)20(28)9-17(16)19)22(30)14-5-7-15(8-6-14)32-23(25)26/h5-9,11-12,23,28H,4,10H2,1-3H3. The predicted octanol–water partition coefficient (Wildman–Crippen LogP) is 4.97. The Morgan fingerprint density at radius 3 is 2.41 bits per heavy atom. The Labute approximate surface area is 182 Å². The molecule has 1 N–H and O–H groups in total. The molecular weight excluding hydrogens is 427 g/mol. The summed E-state index contributed by atoms with van der Waals surface area (Å²) < 4.78 is 49.7. The number of benzene rings is 2. The van der Waals surface area contributed by atoms with Crippen molar-refractivity contribution in [1.82, 2.24) is 4.57 Å². The van der Waals surface area contributed by atoms with E-state index in [1.165, 1.54) is 28.8 Å². The summed E-state index contributed by atoms with van der Waals surface area (Å²) >= 11 is 0. The first-order valence-electron chi connectivity index (χ1n) is 9.93. The van der Waals surface area contributed by atoms with Crippen molar-refractivity contribution in [3.63, 3.8) is 0 Å². The van der Waals surface area contributed by atoms with Gasteiger partial charge in [0.05, 0.1) is 18.0 Å². The van der Waals surface area contributed by atoms with E-state index in [0.29, 0.717) is 23.1 Å². The molecule has 0 aliphatic carbocycles. The van der Waals surface area contributed by atoms with E-state index in [1.807, 2.05) is 6.92 Å². The molecule has 0 spiro atoms. The SMILES string of the molecule is CCC(C)OC(=O)Cc1c(C)n(C(=O)c2ccc(OC(F)F)cc2)c2cc(F)c(O)cc12. The summed E-state index contributed by atoms with van der Waals surface area (Å²) in [5.74, 6) is -2.75. The first kappa shape index (κ1) is 23.2. The fraction of sp³-hybridized carbons (Fsp3) is 0.304. The molecule has 0 aliphatic rings. The van der Waals surface area contributed by atoms with Gasteiger partial charge in [-0.15, -0.1) is 0 Å². The van der Waals surface area contributed by atoms with Gasteiger partial charge in [0.2, 0.25) is 0 Å². The average Bonchev–Trinajstić information content (AvgIpc) is 2.98. The zero-order valence-corrected chi connectivity index (χ0v) is 17.7. The minimum Gasteiger partial charge on any atom is -0.505 e. The Morgan fingerprint density at radius 2 is 1.81 bits per heavy atom. The molecule has 1 heterocycles.